The largest absolute Gasteiger partial charge is 0.493 e. The highest BCUT2D eigenvalue weighted by atomic mass is 19.4. The highest BCUT2D eigenvalue weighted by Crippen LogP contribution is 2.45. The molecule has 0 spiro atoms. The van der Waals surface area contributed by atoms with E-state index in [4.69, 9.17) is 18.7 Å². The predicted octanol–water partition coefficient (Wildman–Crippen LogP) is 6.08. The van der Waals surface area contributed by atoms with Gasteiger partial charge in [-0.15, -0.1) is 4.74 Å². The Kier molecular flexibility index (Phi) is 8.52. The second-order valence-corrected chi connectivity index (χ2v) is 11.2. The van der Waals surface area contributed by atoms with Gasteiger partial charge in [0.05, 0.1) is 43.7 Å². The monoisotopic (exact) mass is 682 g/mol. The lowest BCUT2D eigenvalue weighted by atomic mass is 9.99. The number of carbonyl (C=O) groups is 1. The molecule has 0 radical (unpaired) electrons. The van der Waals surface area contributed by atoms with E-state index in [1.54, 1.807) is 12.1 Å². The summed E-state index contributed by atoms with van der Waals surface area (Å²) in [7, 11) is 4.14. The number of aromatic nitrogens is 2. The Morgan fingerprint density at radius 2 is 1.29 bits per heavy atom. The van der Waals surface area contributed by atoms with Crippen molar-refractivity contribution >= 4 is 11.7 Å². The summed E-state index contributed by atoms with van der Waals surface area (Å²) in [5, 5.41) is 0. The fraction of sp³-hybridized carbons (Fsp3) is 0.323. The summed E-state index contributed by atoms with van der Waals surface area (Å²) in [6, 6.07) is 9.30. The highest BCUT2D eigenvalue weighted by molar-refractivity contribution is 5.95. The van der Waals surface area contributed by atoms with Crippen LogP contribution in [0.15, 0.2) is 74.8 Å². The number of rotatable bonds is 8. The number of amides is 2. The van der Waals surface area contributed by atoms with Gasteiger partial charge in [-0.05, 0) is 67.9 Å². The van der Waals surface area contributed by atoms with E-state index in [1.807, 2.05) is 0 Å². The molecule has 1 aromatic heterocycles. The van der Waals surface area contributed by atoms with E-state index in [1.165, 1.54) is 46.1 Å². The quantitative estimate of drug-likeness (QED) is 0.208. The molecule has 17 heteroatoms. The molecule has 2 heterocycles. The fourth-order valence-corrected chi connectivity index (χ4v) is 5.63. The number of alkyl halides is 6. The van der Waals surface area contributed by atoms with Gasteiger partial charge in [-0.1, -0.05) is 12.1 Å². The number of hydrogen-bond donors (Lipinski definition) is 0. The second kappa shape index (κ2) is 12.0. The average molecular weight is 683 g/mol. The van der Waals surface area contributed by atoms with Gasteiger partial charge in [0.2, 0.25) is 5.75 Å². The van der Waals surface area contributed by atoms with Crippen molar-refractivity contribution in [3.63, 3.8) is 0 Å². The van der Waals surface area contributed by atoms with Crippen molar-refractivity contribution in [2.75, 3.05) is 26.2 Å². The van der Waals surface area contributed by atoms with Gasteiger partial charge in [0.25, 0.3) is 0 Å². The molecule has 3 aromatic carbocycles. The number of carbonyl (C=O) groups excluding carboxylic acids is 1. The van der Waals surface area contributed by atoms with Crippen LogP contribution in [-0.4, -0.2) is 47.1 Å². The van der Waals surface area contributed by atoms with Gasteiger partial charge in [-0.3, -0.25) is 4.90 Å². The lowest BCUT2D eigenvalue weighted by Crippen LogP contribution is -2.46. The molecule has 0 unspecified atom stereocenters. The summed E-state index contributed by atoms with van der Waals surface area (Å²) < 4.78 is 104. The van der Waals surface area contributed by atoms with Gasteiger partial charge in [-0.25, -0.2) is 14.4 Å². The number of urea groups is 1. The first-order chi connectivity index (χ1) is 22.4. The minimum atomic E-state index is -4.81. The molecule has 256 valence electrons. The molecule has 2 amide bonds. The summed E-state index contributed by atoms with van der Waals surface area (Å²) in [5.41, 5.74) is -5.44. The molecular weight excluding hydrogens is 654 g/mol. The van der Waals surface area contributed by atoms with Crippen molar-refractivity contribution < 1.29 is 49.9 Å². The Labute approximate surface area is 268 Å². The van der Waals surface area contributed by atoms with Crippen LogP contribution in [0, 0.1) is 0 Å². The van der Waals surface area contributed by atoms with E-state index in [0.29, 0.717) is 27.0 Å². The molecule has 0 bridgehead atoms. The molecule has 0 N–H and O–H groups in total. The Balaban J connectivity index is 1.70. The minimum absolute atomic E-state index is 0.220. The maximum Gasteiger partial charge on any atom is 0.447 e. The molecule has 1 aliphatic rings. The summed E-state index contributed by atoms with van der Waals surface area (Å²) in [4.78, 5) is 43.2. The third-order valence-electron chi connectivity index (χ3n) is 7.92. The molecule has 48 heavy (non-hydrogen) atoms. The molecule has 11 nitrogen and oxygen atoms in total. The van der Waals surface area contributed by atoms with E-state index in [2.05, 4.69) is 0 Å². The summed E-state index contributed by atoms with van der Waals surface area (Å²) in [6.45, 7) is 2.74. The Hall–Kier alpha value is -5.35. The standard InChI is InChI=1S/C31H28F6N4O7/c1-29(2)25(41-27(43)40(28(44)48-41)21-11-7-9-19(15-21)31(35,36)37)39(20-10-6-8-18(14-20)30(32,33)34)26(42)38(29)16-17-12-22(45-3)24(47-5)23(13-17)46-4/h6-15,25H,16H2,1-5H3/t25-/m1/s1. The number of methoxy groups -OCH3 is 3. The van der Waals surface area contributed by atoms with Crippen LogP contribution in [0.2, 0.25) is 0 Å². The maximum absolute atomic E-state index is 14.2. The van der Waals surface area contributed by atoms with Crippen molar-refractivity contribution in [1.82, 2.24) is 14.2 Å². The maximum atomic E-state index is 14.2. The zero-order chi connectivity index (χ0) is 35.3. The van der Waals surface area contributed by atoms with Crippen molar-refractivity contribution in [3.8, 4) is 22.9 Å². The van der Waals surface area contributed by atoms with E-state index in [0.717, 1.165) is 35.2 Å². The second-order valence-electron chi connectivity index (χ2n) is 11.2. The number of anilines is 1. The molecule has 1 fully saturated rings. The molecule has 4 aromatic rings. The fourth-order valence-electron chi connectivity index (χ4n) is 5.63. The molecule has 1 aliphatic heterocycles. The Bertz CT molecular complexity index is 1950. The number of hydrogen-bond acceptors (Lipinski definition) is 7. The molecular formula is C31H28F6N4O7. The lowest BCUT2D eigenvalue weighted by Gasteiger charge is -2.34. The third-order valence-corrected chi connectivity index (χ3v) is 7.92. The SMILES string of the molecule is COc1cc(CN2C(=O)N(c3cccc(C(F)(F)F)c3)[C@H](n3oc(=O)n(-c4cccc(C(F)(F)F)c4)c3=O)C2(C)C)cc(OC)c1OC. The molecule has 0 aliphatic carbocycles. The summed E-state index contributed by atoms with van der Waals surface area (Å²) in [5.74, 6) is -0.663. The van der Waals surface area contributed by atoms with E-state index >= 15 is 0 Å². The van der Waals surface area contributed by atoms with Gasteiger partial charge in [0, 0.05) is 12.2 Å². The predicted molar refractivity (Wildman–Crippen MR) is 158 cm³/mol. The van der Waals surface area contributed by atoms with Crippen molar-refractivity contribution in [3.05, 3.63) is 98.4 Å². The number of nitrogens with zero attached hydrogens (tertiary/aromatic N) is 4. The molecule has 0 saturated carbocycles. The smallest absolute Gasteiger partial charge is 0.447 e. The number of halogens is 6. The van der Waals surface area contributed by atoms with Gasteiger partial charge in [0.15, 0.2) is 17.7 Å². The van der Waals surface area contributed by atoms with Crippen molar-refractivity contribution in [2.45, 2.75) is 44.4 Å². The van der Waals surface area contributed by atoms with Crippen LogP contribution in [0.5, 0.6) is 17.2 Å². The topological polar surface area (TPSA) is 108 Å². The van der Waals surface area contributed by atoms with E-state index in [9.17, 15) is 40.7 Å². The van der Waals surface area contributed by atoms with E-state index in [-0.39, 0.29) is 29.5 Å². The van der Waals surface area contributed by atoms with Crippen LogP contribution < -0.4 is 30.6 Å². The summed E-state index contributed by atoms with van der Waals surface area (Å²) >= 11 is 0. The first-order valence-corrected chi connectivity index (χ1v) is 14.0. The molecule has 5 rings (SSSR count). The van der Waals surface area contributed by atoms with Gasteiger partial charge in [0.1, 0.15) is 0 Å². The normalized spacial score (nSPS) is 16.4. The van der Waals surface area contributed by atoms with Crippen molar-refractivity contribution in [2.24, 2.45) is 0 Å². The zero-order valence-corrected chi connectivity index (χ0v) is 26.0. The first kappa shape index (κ1) is 34.0. The zero-order valence-electron chi connectivity index (χ0n) is 26.0. The first-order valence-electron chi connectivity index (χ1n) is 14.0. The third kappa shape index (κ3) is 5.84. The van der Waals surface area contributed by atoms with Crippen LogP contribution in [0.3, 0.4) is 0 Å². The van der Waals surface area contributed by atoms with Gasteiger partial charge in [-0.2, -0.15) is 30.9 Å². The van der Waals surface area contributed by atoms with Crippen LogP contribution in [0.4, 0.5) is 36.8 Å². The van der Waals surface area contributed by atoms with Gasteiger partial charge >= 0.3 is 29.8 Å². The van der Waals surface area contributed by atoms with Crippen molar-refractivity contribution in [1.29, 1.82) is 0 Å². The van der Waals surface area contributed by atoms with E-state index < -0.39 is 58.3 Å². The van der Waals surface area contributed by atoms with Crippen LogP contribution in [0.1, 0.15) is 36.7 Å². The van der Waals surface area contributed by atoms with Gasteiger partial charge < -0.3 is 23.6 Å². The Morgan fingerprint density at radius 1 is 0.771 bits per heavy atom. The molecule has 1 atom stereocenters. The number of benzene rings is 3. The highest BCUT2D eigenvalue weighted by Gasteiger charge is 2.55. The average Bonchev–Trinajstić information content (AvgIpc) is 3.42. The van der Waals surface area contributed by atoms with Crippen LogP contribution in [0.25, 0.3) is 5.69 Å². The number of ether oxygens (including phenoxy) is 3. The van der Waals surface area contributed by atoms with Crippen LogP contribution >= 0.6 is 0 Å². The molecule has 1 saturated heterocycles. The Morgan fingerprint density at radius 3 is 1.79 bits per heavy atom. The van der Waals surface area contributed by atoms with Crippen LogP contribution in [-0.2, 0) is 18.9 Å². The summed E-state index contributed by atoms with van der Waals surface area (Å²) in [6.07, 6.45) is -11.2. The minimum Gasteiger partial charge on any atom is -0.493 e. The lowest BCUT2D eigenvalue weighted by molar-refractivity contribution is -0.138.